The van der Waals surface area contributed by atoms with E-state index in [1.165, 1.54) is 0 Å². The van der Waals surface area contributed by atoms with Crippen molar-refractivity contribution in [2.45, 2.75) is 94.3 Å². The lowest BCUT2D eigenvalue weighted by atomic mass is 9.74. The number of esters is 1. The summed E-state index contributed by atoms with van der Waals surface area (Å²) in [5.41, 5.74) is 0. The highest BCUT2D eigenvalue weighted by atomic mass is 32.2. The number of aliphatic hydroxyl groups is 1. The van der Waals surface area contributed by atoms with Gasteiger partial charge in [-0.05, 0) is 39.0 Å². The quantitative estimate of drug-likeness (QED) is 0.410. The van der Waals surface area contributed by atoms with Crippen molar-refractivity contribution in [2.24, 2.45) is 17.8 Å². The molecule has 4 rings (SSSR count). The fraction of sp³-hybridized carbons (Fsp3) is 0.750. The summed E-state index contributed by atoms with van der Waals surface area (Å²) in [6.45, 7) is 10.8. The lowest BCUT2D eigenvalue weighted by Gasteiger charge is -2.42. The molecule has 8 atom stereocenters. The van der Waals surface area contributed by atoms with Crippen molar-refractivity contribution in [1.82, 2.24) is 9.80 Å². The minimum absolute atomic E-state index is 0.000129. The monoisotopic (exact) mass is 518 g/mol. The smallest absolute Gasteiger partial charge is 0.311 e. The first-order chi connectivity index (χ1) is 17.2. The van der Waals surface area contributed by atoms with Crippen LogP contribution in [0.3, 0.4) is 0 Å². The second-order valence-corrected chi connectivity index (χ2v) is 12.9. The maximum Gasteiger partial charge on any atom is 0.311 e. The van der Waals surface area contributed by atoms with Crippen molar-refractivity contribution in [2.75, 3.05) is 19.8 Å². The number of rotatable bonds is 7. The van der Waals surface area contributed by atoms with E-state index in [4.69, 9.17) is 4.74 Å². The summed E-state index contributed by atoms with van der Waals surface area (Å²) < 4.78 is 4.10. The molecular formula is C28H42N2O5S. The molecule has 0 aromatic heterocycles. The summed E-state index contributed by atoms with van der Waals surface area (Å²) in [5, 5.41) is 10.5. The predicted octanol–water partition coefficient (Wildman–Crippen LogP) is 3.56. The number of fused-ring (bicyclic) bond motifs is 2. The van der Waals surface area contributed by atoms with E-state index in [1.54, 1.807) is 16.7 Å². The molecular weight excluding hydrogens is 476 g/mol. The van der Waals surface area contributed by atoms with Gasteiger partial charge in [-0.1, -0.05) is 57.9 Å². The molecule has 7 nitrogen and oxygen atoms in total. The number of cyclic esters (lactones) is 1. The van der Waals surface area contributed by atoms with Gasteiger partial charge in [0.2, 0.25) is 11.8 Å². The van der Waals surface area contributed by atoms with Crippen molar-refractivity contribution >= 4 is 29.5 Å². The SMILES string of the molecule is CCCC(C)N1CC=C[C@]23S[C@@]4(C)/C=C\CCCOC(=O)[C@H]4[C@H]2C(=O)N([C@@H](CO)[C@@H](C)CC)C3C1=O. The summed E-state index contributed by atoms with van der Waals surface area (Å²) in [6, 6.07) is -1.25. The Bertz CT molecular complexity index is 937. The summed E-state index contributed by atoms with van der Waals surface area (Å²) in [4.78, 5) is 45.9. The van der Waals surface area contributed by atoms with Gasteiger partial charge in [0.15, 0.2) is 0 Å². The zero-order valence-corrected chi connectivity index (χ0v) is 23.1. The van der Waals surface area contributed by atoms with Gasteiger partial charge >= 0.3 is 5.97 Å². The van der Waals surface area contributed by atoms with E-state index < -0.39 is 33.4 Å². The average molecular weight is 519 g/mol. The number of ether oxygens (including phenoxy) is 1. The van der Waals surface area contributed by atoms with Gasteiger partial charge < -0.3 is 19.6 Å². The molecule has 8 heteroatoms. The van der Waals surface area contributed by atoms with Crippen LogP contribution in [0.1, 0.15) is 66.7 Å². The molecule has 2 saturated heterocycles. The summed E-state index contributed by atoms with van der Waals surface area (Å²) in [6.07, 6.45) is 12.3. The van der Waals surface area contributed by atoms with E-state index in [0.717, 1.165) is 32.1 Å². The fourth-order valence-electron chi connectivity index (χ4n) is 6.73. The van der Waals surface area contributed by atoms with Gasteiger partial charge in [0.05, 0.1) is 35.8 Å². The highest BCUT2D eigenvalue weighted by Crippen LogP contribution is 2.65. The van der Waals surface area contributed by atoms with E-state index in [0.29, 0.717) is 13.2 Å². The second kappa shape index (κ2) is 10.5. The van der Waals surface area contributed by atoms with Crippen molar-refractivity contribution < 1.29 is 24.2 Å². The molecule has 1 N–H and O–H groups in total. The third-order valence-electron chi connectivity index (χ3n) is 8.80. The van der Waals surface area contributed by atoms with E-state index >= 15 is 0 Å². The Hall–Kier alpha value is -1.80. The number of nitrogens with zero attached hydrogens (tertiary/aromatic N) is 2. The number of carbonyl (C=O) groups is 3. The van der Waals surface area contributed by atoms with Crippen LogP contribution in [-0.4, -0.2) is 80.1 Å². The Kier molecular flexibility index (Phi) is 7.96. The van der Waals surface area contributed by atoms with Crippen LogP contribution in [0.2, 0.25) is 0 Å². The number of thioether (sulfide) groups is 1. The summed E-state index contributed by atoms with van der Waals surface area (Å²) in [5.74, 6) is -2.10. The van der Waals surface area contributed by atoms with Crippen LogP contribution < -0.4 is 0 Å². The first-order valence-electron chi connectivity index (χ1n) is 13.6. The fourth-order valence-corrected chi connectivity index (χ4v) is 8.87. The van der Waals surface area contributed by atoms with Gasteiger partial charge in [-0.15, -0.1) is 11.8 Å². The minimum Gasteiger partial charge on any atom is -0.465 e. The third kappa shape index (κ3) is 4.22. The van der Waals surface area contributed by atoms with E-state index in [9.17, 15) is 19.5 Å². The molecule has 0 aromatic carbocycles. The van der Waals surface area contributed by atoms with Crippen molar-refractivity contribution in [1.29, 1.82) is 0 Å². The number of hydrogen-bond acceptors (Lipinski definition) is 6. The average Bonchev–Trinajstić information content (AvgIpc) is 3.19. The molecule has 4 aliphatic rings. The molecule has 200 valence electrons. The van der Waals surface area contributed by atoms with Crippen LogP contribution >= 0.6 is 11.8 Å². The van der Waals surface area contributed by atoms with Crippen LogP contribution in [0, 0.1) is 17.8 Å². The predicted molar refractivity (Wildman–Crippen MR) is 141 cm³/mol. The minimum atomic E-state index is -0.905. The first-order valence-corrected chi connectivity index (χ1v) is 14.4. The van der Waals surface area contributed by atoms with Gasteiger partial charge in [0, 0.05) is 17.3 Å². The van der Waals surface area contributed by atoms with Gasteiger partial charge in [0.1, 0.15) is 6.04 Å². The normalized spacial score (nSPS) is 37.6. The van der Waals surface area contributed by atoms with Crippen LogP contribution in [0.15, 0.2) is 24.3 Å². The van der Waals surface area contributed by atoms with Crippen molar-refractivity contribution in [3.8, 4) is 0 Å². The topological polar surface area (TPSA) is 87.2 Å². The standard InChI is InChI=1S/C28H42N2O5S/c1-6-12-19(4)29-15-11-14-28-21(22-26(34)35-16-10-8-9-13-27(22,5)36-28)24(32)30(23(28)25(29)33)20(17-31)18(3)7-2/h9,11,13-14,18-23,31H,6-8,10,12,15-17H2,1-5H3/b13-9-/t18-,19?,20-,21-,22+,23?,27-,28-/m0/s1. The molecule has 2 fully saturated rings. The van der Waals surface area contributed by atoms with Crippen LogP contribution in [0.25, 0.3) is 0 Å². The molecule has 2 unspecified atom stereocenters. The van der Waals surface area contributed by atoms with Crippen LogP contribution in [-0.2, 0) is 19.1 Å². The molecule has 0 bridgehead atoms. The Balaban J connectivity index is 1.90. The second-order valence-electron chi connectivity index (χ2n) is 11.1. The van der Waals surface area contributed by atoms with Crippen LogP contribution in [0.5, 0.6) is 0 Å². The first kappa shape index (κ1) is 27.2. The van der Waals surface area contributed by atoms with Crippen LogP contribution in [0.4, 0.5) is 0 Å². The highest BCUT2D eigenvalue weighted by Gasteiger charge is 2.74. The molecule has 4 aliphatic heterocycles. The van der Waals surface area contributed by atoms with E-state index in [-0.39, 0.29) is 36.4 Å². The Morgan fingerprint density at radius 3 is 2.56 bits per heavy atom. The van der Waals surface area contributed by atoms with Gasteiger partial charge in [-0.2, -0.15) is 0 Å². The molecule has 0 aromatic rings. The van der Waals surface area contributed by atoms with E-state index in [1.807, 2.05) is 37.8 Å². The highest BCUT2D eigenvalue weighted by molar-refractivity contribution is 8.02. The van der Waals surface area contributed by atoms with Gasteiger partial charge in [-0.3, -0.25) is 14.4 Å². The Morgan fingerprint density at radius 1 is 1.14 bits per heavy atom. The van der Waals surface area contributed by atoms with Gasteiger partial charge in [0.25, 0.3) is 0 Å². The number of aliphatic hydroxyl groups excluding tert-OH is 1. The largest absolute Gasteiger partial charge is 0.465 e. The number of likely N-dealkylation sites (tertiary alicyclic amines) is 1. The van der Waals surface area contributed by atoms with Gasteiger partial charge in [-0.25, -0.2) is 0 Å². The Morgan fingerprint density at radius 2 is 1.89 bits per heavy atom. The van der Waals surface area contributed by atoms with Crippen molar-refractivity contribution in [3.05, 3.63) is 24.3 Å². The summed E-state index contributed by atoms with van der Waals surface area (Å²) in [7, 11) is 0. The maximum atomic E-state index is 14.4. The zero-order chi connectivity index (χ0) is 26.3. The van der Waals surface area contributed by atoms with Crippen molar-refractivity contribution in [3.63, 3.8) is 0 Å². The molecule has 0 aliphatic carbocycles. The molecule has 2 amide bonds. The third-order valence-corrected chi connectivity index (χ3v) is 10.6. The molecule has 0 saturated carbocycles. The molecule has 0 radical (unpaired) electrons. The number of amides is 2. The molecule has 1 spiro atoms. The number of carbonyl (C=O) groups excluding carboxylic acids is 3. The number of allylic oxidation sites excluding steroid dienone is 1. The van der Waals surface area contributed by atoms with E-state index in [2.05, 4.69) is 26.0 Å². The maximum absolute atomic E-state index is 14.4. The summed E-state index contributed by atoms with van der Waals surface area (Å²) >= 11 is 1.57. The molecule has 36 heavy (non-hydrogen) atoms. The zero-order valence-electron chi connectivity index (χ0n) is 22.3. The molecule has 4 heterocycles. The number of hydrogen-bond donors (Lipinski definition) is 1. The lowest BCUT2D eigenvalue weighted by Crippen LogP contribution is -2.59. The lowest BCUT2D eigenvalue weighted by molar-refractivity contribution is -0.155. The Labute approximate surface area is 219 Å².